The number of nitrogens with zero attached hydrogens (tertiary/aromatic N) is 1. The number of piperidine rings is 1. The summed E-state index contributed by atoms with van der Waals surface area (Å²) >= 11 is 0. The highest BCUT2D eigenvalue weighted by molar-refractivity contribution is 5.24. The molecule has 0 bridgehead atoms. The summed E-state index contributed by atoms with van der Waals surface area (Å²) in [4.78, 5) is 17.4. The molecule has 1 saturated heterocycles. The van der Waals surface area contributed by atoms with Crippen LogP contribution in [0.5, 0.6) is 0 Å². The predicted octanol–water partition coefficient (Wildman–Crippen LogP) is 2.61. The Morgan fingerprint density at radius 2 is 2.22 bits per heavy atom. The van der Waals surface area contributed by atoms with Crippen LogP contribution in [0.1, 0.15) is 43.0 Å². The maximum Gasteiger partial charge on any atom is 0.252 e. The van der Waals surface area contributed by atoms with Crippen LogP contribution in [0.4, 0.5) is 0 Å². The van der Waals surface area contributed by atoms with Crippen LogP contribution < -0.4 is 5.56 Å². The van der Waals surface area contributed by atoms with E-state index in [1.807, 2.05) is 13.8 Å². The third-order valence-electron chi connectivity index (χ3n) is 4.06. The molecule has 1 aromatic rings. The van der Waals surface area contributed by atoms with Gasteiger partial charge in [-0.3, -0.25) is 9.69 Å². The molecule has 0 spiro atoms. The highest BCUT2D eigenvalue weighted by atomic mass is 16.1. The Balaban J connectivity index is 2.12. The van der Waals surface area contributed by atoms with Crippen LogP contribution in [0.2, 0.25) is 0 Å². The number of likely N-dealkylation sites (tertiary alicyclic amines) is 1. The normalized spacial score (nSPS) is 21.2. The molecule has 3 heteroatoms. The van der Waals surface area contributed by atoms with E-state index in [9.17, 15) is 4.79 Å². The number of pyridine rings is 1. The van der Waals surface area contributed by atoms with Crippen molar-refractivity contribution in [2.75, 3.05) is 13.1 Å². The van der Waals surface area contributed by atoms with Crippen molar-refractivity contribution in [3.8, 4) is 0 Å². The van der Waals surface area contributed by atoms with Gasteiger partial charge in [-0.05, 0) is 50.8 Å². The van der Waals surface area contributed by atoms with E-state index in [-0.39, 0.29) is 5.56 Å². The van der Waals surface area contributed by atoms with E-state index < -0.39 is 0 Å². The van der Waals surface area contributed by atoms with Gasteiger partial charge in [-0.2, -0.15) is 0 Å². The molecule has 1 unspecified atom stereocenters. The number of nitrogens with one attached hydrogen (secondary N) is 1. The highest BCUT2D eigenvalue weighted by Gasteiger charge is 2.19. The summed E-state index contributed by atoms with van der Waals surface area (Å²) in [5.74, 6) is 0.809. The van der Waals surface area contributed by atoms with Gasteiger partial charge in [0.05, 0.1) is 0 Å². The van der Waals surface area contributed by atoms with Gasteiger partial charge >= 0.3 is 0 Å². The van der Waals surface area contributed by atoms with Gasteiger partial charge in [0.25, 0.3) is 5.56 Å². The van der Waals surface area contributed by atoms with Crippen LogP contribution in [0.25, 0.3) is 0 Å². The first-order valence-corrected chi connectivity index (χ1v) is 7.02. The molecule has 1 aromatic heterocycles. The lowest BCUT2D eigenvalue weighted by molar-refractivity contribution is 0.164. The molecule has 1 aliphatic heterocycles. The average Bonchev–Trinajstić information content (AvgIpc) is 2.34. The minimum Gasteiger partial charge on any atom is -0.326 e. The fourth-order valence-corrected chi connectivity index (χ4v) is 2.93. The third kappa shape index (κ3) is 3.02. The SMILES string of the molecule is CCC1CCCN(Cc2c(C)cc(C)[nH]c2=O)C1. The first kappa shape index (κ1) is 13.3. The second-order valence-electron chi connectivity index (χ2n) is 5.59. The molecule has 1 atom stereocenters. The first-order chi connectivity index (χ1) is 8.60. The molecular weight excluding hydrogens is 224 g/mol. The Bertz CT molecular complexity index is 464. The van der Waals surface area contributed by atoms with Gasteiger partial charge in [0.2, 0.25) is 0 Å². The summed E-state index contributed by atoms with van der Waals surface area (Å²) in [7, 11) is 0. The number of H-pyrrole nitrogens is 1. The molecule has 2 heterocycles. The zero-order valence-electron chi connectivity index (χ0n) is 11.8. The molecule has 100 valence electrons. The number of aromatic amines is 1. The van der Waals surface area contributed by atoms with Gasteiger partial charge in [-0.25, -0.2) is 0 Å². The van der Waals surface area contributed by atoms with Crippen LogP contribution in [-0.2, 0) is 6.54 Å². The third-order valence-corrected chi connectivity index (χ3v) is 4.06. The average molecular weight is 248 g/mol. The maximum atomic E-state index is 12.0. The van der Waals surface area contributed by atoms with E-state index in [1.165, 1.54) is 19.3 Å². The molecule has 1 N–H and O–H groups in total. The zero-order chi connectivity index (χ0) is 13.1. The topological polar surface area (TPSA) is 36.1 Å². The van der Waals surface area contributed by atoms with E-state index >= 15 is 0 Å². The summed E-state index contributed by atoms with van der Waals surface area (Å²) in [5.41, 5.74) is 3.10. The molecule has 1 aliphatic rings. The Hall–Kier alpha value is -1.09. The van der Waals surface area contributed by atoms with E-state index in [0.29, 0.717) is 0 Å². The molecule has 0 radical (unpaired) electrons. The lowest BCUT2D eigenvalue weighted by Gasteiger charge is -2.32. The number of rotatable bonds is 3. The highest BCUT2D eigenvalue weighted by Crippen LogP contribution is 2.20. The van der Waals surface area contributed by atoms with Crippen LogP contribution in [0, 0.1) is 19.8 Å². The van der Waals surface area contributed by atoms with Gasteiger partial charge in [-0.15, -0.1) is 0 Å². The summed E-state index contributed by atoms with van der Waals surface area (Å²) < 4.78 is 0. The van der Waals surface area contributed by atoms with Crippen molar-refractivity contribution in [1.29, 1.82) is 0 Å². The number of hydrogen-bond acceptors (Lipinski definition) is 2. The lowest BCUT2D eigenvalue weighted by Crippen LogP contribution is -2.36. The van der Waals surface area contributed by atoms with Crippen molar-refractivity contribution in [2.24, 2.45) is 5.92 Å². The quantitative estimate of drug-likeness (QED) is 0.892. The van der Waals surface area contributed by atoms with Crippen molar-refractivity contribution >= 4 is 0 Å². The molecule has 0 aromatic carbocycles. The standard InChI is InChI=1S/C15H24N2O/c1-4-13-6-5-7-17(9-13)10-14-11(2)8-12(3)16-15(14)18/h8,13H,4-7,9-10H2,1-3H3,(H,16,18). The van der Waals surface area contributed by atoms with Crippen molar-refractivity contribution in [1.82, 2.24) is 9.88 Å². The van der Waals surface area contributed by atoms with E-state index in [0.717, 1.165) is 42.4 Å². The fourth-order valence-electron chi connectivity index (χ4n) is 2.93. The molecule has 0 aliphatic carbocycles. The second-order valence-corrected chi connectivity index (χ2v) is 5.59. The molecule has 2 rings (SSSR count). The molecule has 1 fully saturated rings. The second kappa shape index (κ2) is 5.70. The number of aromatic nitrogens is 1. The smallest absolute Gasteiger partial charge is 0.252 e. The number of aryl methyl sites for hydroxylation is 2. The molecule has 3 nitrogen and oxygen atoms in total. The zero-order valence-corrected chi connectivity index (χ0v) is 11.8. The first-order valence-electron chi connectivity index (χ1n) is 7.02. The Labute approximate surface area is 109 Å². The maximum absolute atomic E-state index is 12.0. The monoisotopic (exact) mass is 248 g/mol. The molecular formula is C15H24N2O. The van der Waals surface area contributed by atoms with Crippen LogP contribution >= 0.6 is 0 Å². The van der Waals surface area contributed by atoms with Crippen LogP contribution in [-0.4, -0.2) is 23.0 Å². The minimum absolute atomic E-state index is 0.0890. The van der Waals surface area contributed by atoms with Crippen molar-refractivity contribution < 1.29 is 0 Å². The molecule has 18 heavy (non-hydrogen) atoms. The van der Waals surface area contributed by atoms with E-state index in [1.54, 1.807) is 0 Å². The molecule has 0 amide bonds. The summed E-state index contributed by atoms with van der Waals surface area (Å²) in [6, 6.07) is 2.07. The molecule has 0 saturated carbocycles. The van der Waals surface area contributed by atoms with E-state index in [2.05, 4.69) is 22.9 Å². The van der Waals surface area contributed by atoms with E-state index in [4.69, 9.17) is 0 Å². The van der Waals surface area contributed by atoms with Crippen molar-refractivity contribution in [3.63, 3.8) is 0 Å². The summed E-state index contributed by atoms with van der Waals surface area (Å²) in [6.07, 6.45) is 3.86. The van der Waals surface area contributed by atoms with Crippen LogP contribution in [0.3, 0.4) is 0 Å². The summed E-state index contributed by atoms with van der Waals surface area (Å²) in [5, 5.41) is 0. The van der Waals surface area contributed by atoms with Gasteiger partial charge in [0.1, 0.15) is 0 Å². The van der Waals surface area contributed by atoms with Crippen molar-refractivity contribution in [2.45, 2.75) is 46.6 Å². The van der Waals surface area contributed by atoms with Crippen LogP contribution in [0.15, 0.2) is 10.9 Å². The van der Waals surface area contributed by atoms with Gasteiger partial charge in [-0.1, -0.05) is 13.3 Å². The van der Waals surface area contributed by atoms with Crippen molar-refractivity contribution in [3.05, 3.63) is 33.2 Å². The number of hydrogen-bond donors (Lipinski definition) is 1. The minimum atomic E-state index is 0.0890. The van der Waals surface area contributed by atoms with Gasteiger partial charge in [0, 0.05) is 24.3 Å². The predicted molar refractivity (Wildman–Crippen MR) is 74.8 cm³/mol. The fraction of sp³-hybridized carbons (Fsp3) is 0.667. The Morgan fingerprint density at radius 1 is 1.44 bits per heavy atom. The van der Waals surface area contributed by atoms with Gasteiger partial charge in [0.15, 0.2) is 0 Å². The summed E-state index contributed by atoms with van der Waals surface area (Å²) in [6.45, 7) is 9.31. The lowest BCUT2D eigenvalue weighted by atomic mass is 9.95. The largest absolute Gasteiger partial charge is 0.326 e. The Morgan fingerprint density at radius 3 is 2.89 bits per heavy atom. The van der Waals surface area contributed by atoms with Gasteiger partial charge < -0.3 is 4.98 Å². The Kier molecular flexibility index (Phi) is 4.23.